The summed E-state index contributed by atoms with van der Waals surface area (Å²) in [5.74, 6) is 0.00433. The molecular formula is C19H18ClN3O3. The van der Waals surface area contributed by atoms with E-state index in [1.54, 1.807) is 12.1 Å². The van der Waals surface area contributed by atoms with Crippen LogP contribution < -0.4 is 10.1 Å². The van der Waals surface area contributed by atoms with Crippen LogP contribution in [0, 0.1) is 6.92 Å². The van der Waals surface area contributed by atoms with Crippen molar-refractivity contribution in [2.45, 2.75) is 20.3 Å². The van der Waals surface area contributed by atoms with Crippen molar-refractivity contribution in [3.8, 4) is 17.5 Å². The minimum absolute atomic E-state index is 0.0874. The van der Waals surface area contributed by atoms with E-state index >= 15 is 0 Å². The van der Waals surface area contributed by atoms with E-state index in [9.17, 15) is 4.79 Å². The molecule has 2 aromatic carbocycles. The predicted octanol–water partition coefficient (Wildman–Crippen LogP) is 4.28. The third-order valence-corrected chi connectivity index (χ3v) is 4.18. The molecule has 1 heterocycles. The quantitative estimate of drug-likeness (QED) is 0.699. The molecule has 0 aliphatic carbocycles. The largest absolute Gasteiger partial charge is 0.439 e. The molecule has 3 rings (SSSR count). The summed E-state index contributed by atoms with van der Waals surface area (Å²) in [5, 5.41) is 7.20. The molecule has 0 radical (unpaired) electrons. The number of amides is 1. The molecule has 1 amide bonds. The highest BCUT2D eigenvalue weighted by Gasteiger charge is 2.14. The first-order valence-corrected chi connectivity index (χ1v) is 8.56. The van der Waals surface area contributed by atoms with Crippen LogP contribution in [-0.4, -0.2) is 22.7 Å². The van der Waals surface area contributed by atoms with Crippen LogP contribution in [0.5, 0.6) is 6.08 Å². The van der Waals surface area contributed by atoms with Gasteiger partial charge in [0.1, 0.15) is 0 Å². The summed E-state index contributed by atoms with van der Waals surface area (Å²) in [4.78, 5) is 16.3. The number of hydrogen-bond acceptors (Lipinski definition) is 5. The molecule has 0 spiro atoms. The SMILES string of the molecule is CCc1cccc(C)c1NC(=O)COc1nc(-c2ccccc2Cl)no1. The molecule has 0 unspecified atom stereocenters. The number of carbonyl (C=O) groups is 1. The Morgan fingerprint density at radius 1 is 1.23 bits per heavy atom. The van der Waals surface area contributed by atoms with E-state index < -0.39 is 0 Å². The predicted molar refractivity (Wildman–Crippen MR) is 99.4 cm³/mol. The van der Waals surface area contributed by atoms with Crippen molar-refractivity contribution < 1.29 is 14.1 Å². The lowest BCUT2D eigenvalue weighted by Gasteiger charge is -2.12. The lowest BCUT2D eigenvalue weighted by Crippen LogP contribution is -2.21. The van der Waals surface area contributed by atoms with Gasteiger partial charge in [0.05, 0.1) is 5.02 Å². The Morgan fingerprint density at radius 2 is 2.04 bits per heavy atom. The molecule has 134 valence electrons. The van der Waals surface area contributed by atoms with Crippen LogP contribution in [0.25, 0.3) is 11.4 Å². The van der Waals surface area contributed by atoms with Gasteiger partial charge < -0.3 is 10.1 Å². The fourth-order valence-corrected chi connectivity index (χ4v) is 2.75. The molecule has 0 aliphatic rings. The second-order valence-electron chi connectivity index (χ2n) is 5.66. The Hall–Kier alpha value is -2.86. The van der Waals surface area contributed by atoms with Crippen molar-refractivity contribution in [2.75, 3.05) is 11.9 Å². The highest BCUT2D eigenvalue weighted by Crippen LogP contribution is 2.26. The third-order valence-electron chi connectivity index (χ3n) is 3.85. The van der Waals surface area contributed by atoms with Gasteiger partial charge in [-0.05, 0) is 36.6 Å². The van der Waals surface area contributed by atoms with Crippen LogP contribution in [0.15, 0.2) is 47.0 Å². The van der Waals surface area contributed by atoms with Crippen LogP contribution >= 0.6 is 11.6 Å². The third kappa shape index (κ3) is 4.03. The minimum Gasteiger partial charge on any atom is -0.439 e. The Balaban J connectivity index is 1.63. The molecule has 0 saturated carbocycles. The average molecular weight is 372 g/mol. The number of nitrogens with zero attached hydrogens (tertiary/aromatic N) is 2. The van der Waals surface area contributed by atoms with E-state index in [1.165, 1.54) is 0 Å². The van der Waals surface area contributed by atoms with E-state index in [0.717, 1.165) is 23.2 Å². The van der Waals surface area contributed by atoms with Crippen molar-refractivity contribution in [1.29, 1.82) is 0 Å². The van der Waals surface area contributed by atoms with Crippen molar-refractivity contribution in [1.82, 2.24) is 10.1 Å². The number of anilines is 1. The van der Waals surface area contributed by atoms with Gasteiger partial charge in [0, 0.05) is 11.3 Å². The molecule has 1 aromatic heterocycles. The number of benzene rings is 2. The van der Waals surface area contributed by atoms with Gasteiger partial charge in [-0.2, -0.15) is 4.98 Å². The molecule has 0 saturated heterocycles. The second kappa shape index (κ2) is 8.01. The fraction of sp³-hybridized carbons (Fsp3) is 0.211. The summed E-state index contributed by atoms with van der Waals surface area (Å²) in [7, 11) is 0. The first-order chi connectivity index (χ1) is 12.6. The van der Waals surface area contributed by atoms with Crippen molar-refractivity contribution in [2.24, 2.45) is 0 Å². The Labute approximate surface area is 156 Å². The van der Waals surface area contributed by atoms with Gasteiger partial charge >= 0.3 is 6.08 Å². The van der Waals surface area contributed by atoms with E-state index in [0.29, 0.717) is 16.4 Å². The molecule has 3 aromatic rings. The number of para-hydroxylation sites is 1. The average Bonchev–Trinajstić information content (AvgIpc) is 3.11. The summed E-state index contributed by atoms with van der Waals surface area (Å²) < 4.78 is 10.3. The second-order valence-corrected chi connectivity index (χ2v) is 6.07. The molecule has 7 heteroatoms. The molecule has 0 aliphatic heterocycles. The zero-order chi connectivity index (χ0) is 18.5. The molecule has 0 atom stereocenters. The van der Waals surface area contributed by atoms with Crippen molar-refractivity contribution in [3.63, 3.8) is 0 Å². The zero-order valence-corrected chi connectivity index (χ0v) is 15.2. The summed E-state index contributed by atoms with van der Waals surface area (Å²) in [6, 6.07) is 13.0. The van der Waals surface area contributed by atoms with Gasteiger partial charge in [0.15, 0.2) is 6.61 Å². The first kappa shape index (κ1) is 17.9. The van der Waals surface area contributed by atoms with Gasteiger partial charge in [-0.15, -0.1) is 0 Å². The normalized spacial score (nSPS) is 10.6. The smallest absolute Gasteiger partial charge is 0.418 e. The summed E-state index contributed by atoms with van der Waals surface area (Å²) in [5.41, 5.74) is 3.50. The molecule has 26 heavy (non-hydrogen) atoms. The van der Waals surface area contributed by atoms with Crippen molar-refractivity contribution >= 4 is 23.2 Å². The lowest BCUT2D eigenvalue weighted by atomic mass is 10.1. The topological polar surface area (TPSA) is 77.2 Å². The summed E-state index contributed by atoms with van der Waals surface area (Å²) in [6.07, 6.45) is 0.735. The van der Waals surface area contributed by atoms with Gasteiger partial charge in [0.25, 0.3) is 5.91 Å². The zero-order valence-electron chi connectivity index (χ0n) is 14.5. The number of aryl methyl sites for hydroxylation is 2. The molecule has 0 bridgehead atoms. The summed E-state index contributed by atoms with van der Waals surface area (Å²) in [6.45, 7) is 3.75. The maximum atomic E-state index is 12.2. The van der Waals surface area contributed by atoms with Crippen LogP contribution in [0.1, 0.15) is 18.1 Å². The van der Waals surface area contributed by atoms with Crippen LogP contribution in [0.3, 0.4) is 0 Å². The number of hydrogen-bond donors (Lipinski definition) is 1. The number of carbonyl (C=O) groups excluding carboxylic acids is 1. The van der Waals surface area contributed by atoms with Gasteiger partial charge in [-0.3, -0.25) is 9.32 Å². The first-order valence-electron chi connectivity index (χ1n) is 8.18. The molecule has 0 fully saturated rings. The highest BCUT2D eigenvalue weighted by atomic mass is 35.5. The standard InChI is InChI=1S/C19H18ClN3O3/c1-3-13-8-6-7-12(2)17(13)21-16(24)11-25-19-22-18(23-26-19)14-9-4-5-10-15(14)20/h4-10H,3,11H2,1-2H3,(H,21,24). The van der Waals surface area contributed by atoms with Gasteiger partial charge in [0.2, 0.25) is 5.82 Å². The number of nitrogens with one attached hydrogen (secondary N) is 1. The number of aromatic nitrogens is 2. The Bertz CT molecular complexity index is 924. The van der Waals surface area contributed by atoms with Crippen LogP contribution in [0.2, 0.25) is 5.02 Å². The highest BCUT2D eigenvalue weighted by molar-refractivity contribution is 6.33. The molecule has 1 N–H and O–H groups in total. The van der Waals surface area contributed by atoms with E-state index in [-0.39, 0.29) is 18.6 Å². The number of rotatable bonds is 6. The van der Waals surface area contributed by atoms with Crippen LogP contribution in [-0.2, 0) is 11.2 Å². The van der Waals surface area contributed by atoms with E-state index in [2.05, 4.69) is 15.5 Å². The molecular weight excluding hydrogens is 354 g/mol. The molecule has 6 nitrogen and oxygen atoms in total. The Morgan fingerprint density at radius 3 is 2.81 bits per heavy atom. The monoisotopic (exact) mass is 371 g/mol. The minimum atomic E-state index is -0.300. The van der Waals surface area contributed by atoms with E-state index in [4.69, 9.17) is 20.9 Å². The van der Waals surface area contributed by atoms with Crippen molar-refractivity contribution in [3.05, 3.63) is 58.6 Å². The summed E-state index contributed by atoms with van der Waals surface area (Å²) >= 11 is 6.10. The van der Waals surface area contributed by atoms with E-state index in [1.807, 2.05) is 44.2 Å². The van der Waals surface area contributed by atoms with Crippen LogP contribution in [0.4, 0.5) is 5.69 Å². The maximum Gasteiger partial charge on any atom is 0.418 e. The van der Waals surface area contributed by atoms with Gasteiger partial charge in [-0.25, -0.2) is 0 Å². The number of halogens is 1. The Kier molecular flexibility index (Phi) is 5.53. The van der Waals surface area contributed by atoms with Gasteiger partial charge in [-0.1, -0.05) is 54.0 Å². The maximum absolute atomic E-state index is 12.2. The number of ether oxygens (including phenoxy) is 1. The fourth-order valence-electron chi connectivity index (χ4n) is 2.52. The lowest BCUT2D eigenvalue weighted by molar-refractivity contribution is -0.118.